The van der Waals surface area contributed by atoms with Gasteiger partial charge in [-0.1, -0.05) is 18.2 Å². The van der Waals surface area contributed by atoms with Gasteiger partial charge >= 0.3 is 6.09 Å². The summed E-state index contributed by atoms with van der Waals surface area (Å²) in [5, 5.41) is 5.27. The van der Waals surface area contributed by atoms with E-state index in [-0.39, 0.29) is 25.0 Å². The van der Waals surface area contributed by atoms with E-state index in [9.17, 15) is 9.59 Å². The van der Waals surface area contributed by atoms with Crippen LogP contribution in [0, 0.1) is 0 Å². The number of nitrogens with two attached hydrogens (primary N) is 1. The van der Waals surface area contributed by atoms with Crippen molar-refractivity contribution in [3.8, 4) is 0 Å². The smallest absolute Gasteiger partial charge is 0.404 e. The largest absolute Gasteiger partial charge is 0.449 e. The summed E-state index contributed by atoms with van der Waals surface area (Å²) in [7, 11) is 0. The molecule has 1 aliphatic heterocycles. The first-order chi connectivity index (χ1) is 12.1. The van der Waals surface area contributed by atoms with Crippen molar-refractivity contribution >= 4 is 34.2 Å². The Hall–Kier alpha value is -2.61. The molecule has 0 radical (unpaired) electrons. The molecular weight excluding hydrogens is 340 g/mol. The lowest BCUT2D eigenvalue weighted by atomic mass is 10.1. The molecule has 2 heterocycles. The van der Waals surface area contributed by atoms with E-state index in [2.05, 4.69) is 32.1 Å². The van der Waals surface area contributed by atoms with Gasteiger partial charge in [0.2, 0.25) is 5.91 Å². The molecular formula is C17H20N4O3S. The van der Waals surface area contributed by atoms with Crippen molar-refractivity contribution in [1.82, 2.24) is 4.98 Å². The Morgan fingerprint density at radius 2 is 2.16 bits per heavy atom. The summed E-state index contributed by atoms with van der Waals surface area (Å²) in [6, 6.07) is 10.5. The molecule has 1 saturated heterocycles. The first-order valence-electron chi connectivity index (χ1n) is 8.12. The van der Waals surface area contributed by atoms with Gasteiger partial charge in [-0.15, -0.1) is 11.3 Å². The molecule has 8 heteroatoms. The van der Waals surface area contributed by atoms with Crippen LogP contribution in [0.25, 0.3) is 0 Å². The molecule has 1 aliphatic rings. The Labute approximate surface area is 149 Å². The third kappa shape index (κ3) is 4.48. The normalized spacial score (nSPS) is 16.6. The number of nitrogens with one attached hydrogen (secondary N) is 1. The highest BCUT2D eigenvalue weighted by Gasteiger charge is 2.28. The van der Waals surface area contributed by atoms with Gasteiger partial charge in [-0.3, -0.25) is 4.79 Å². The number of hydrogen-bond donors (Lipinski definition) is 2. The zero-order chi connectivity index (χ0) is 17.6. The molecule has 0 saturated carbocycles. The maximum atomic E-state index is 11.8. The van der Waals surface area contributed by atoms with Crippen molar-refractivity contribution in [2.24, 2.45) is 5.73 Å². The van der Waals surface area contributed by atoms with Crippen LogP contribution in [-0.2, 0) is 9.53 Å². The van der Waals surface area contributed by atoms with Crippen molar-refractivity contribution in [3.05, 3.63) is 41.4 Å². The van der Waals surface area contributed by atoms with E-state index in [1.807, 2.05) is 23.6 Å². The number of ether oxygens (including phenoxy) is 1. The Morgan fingerprint density at radius 3 is 2.92 bits per heavy atom. The first-order valence-corrected chi connectivity index (χ1v) is 9.00. The van der Waals surface area contributed by atoms with Crippen LogP contribution in [0.4, 0.5) is 15.6 Å². The standard InChI is InChI=1S/C17H20N4O3S/c18-16(23)24-10-8-15(22)20-17-19-13(11-25-17)14-7-4-9-21(14)12-5-2-1-3-6-12/h1-3,5-6,11,14H,4,7-10H2,(H2,18,23)(H,19,20,22)/t14-/m1/s1. The van der Waals surface area contributed by atoms with Crippen molar-refractivity contribution in [2.75, 3.05) is 23.4 Å². The number of aromatic nitrogens is 1. The predicted octanol–water partition coefficient (Wildman–Crippen LogP) is 2.91. The molecule has 3 rings (SSSR count). The number of primary amides is 1. The van der Waals surface area contributed by atoms with Crippen molar-refractivity contribution in [2.45, 2.75) is 25.3 Å². The Bertz CT molecular complexity index is 735. The van der Waals surface area contributed by atoms with Gasteiger partial charge in [0.05, 0.1) is 18.2 Å². The Balaban J connectivity index is 1.61. The SMILES string of the molecule is NC(=O)OCCC(=O)Nc1nc([C@H]2CCCN2c2ccccc2)cs1. The molecule has 3 N–H and O–H groups in total. The summed E-state index contributed by atoms with van der Waals surface area (Å²) >= 11 is 1.40. The van der Waals surface area contributed by atoms with Crippen LogP contribution in [0.1, 0.15) is 31.0 Å². The number of para-hydroxylation sites is 1. The van der Waals surface area contributed by atoms with Crippen LogP contribution in [-0.4, -0.2) is 30.1 Å². The van der Waals surface area contributed by atoms with Crippen LogP contribution < -0.4 is 16.0 Å². The molecule has 0 spiro atoms. The number of nitrogens with zero attached hydrogens (tertiary/aromatic N) is 2. The minimum atomic E-state index is -0.883. The van der Waals surface area contributed by atoms with E-state index in [1.54, 1.807) is 0 Å². The van der Waals surface area contributed by atoms with Crippen LogP contribution in [0.5, 0.6) is 0 Å². The average Bonchev–Trinajstić information content (AvgIpc) is 3.24. The van der Waals surface area contributed by atoms with Gasteiger partial charge in [-0.2, -0.15) is 0 Å². The van der Waals surface area contributed by atoms with E-state index in [0.717, 1.165) is 25.1 Å². The van der Waals surface area contributed by atoms with Gasteiger partial charge < -0.3 is 20.7 Å². The van der Waals surface area contributed by atoms with Gasteiger partial charge in [0.15, 0.2) is 5.13 Å². The van der Waals surface area contributed by atoms with Crippen LogP contribution in [0.3, 0.4) is 0 Å². The second-order valence-corrected chi connectivity index (χ2v) is 6.59. The summed E-state index contributed by atoms with van der Waals surface area (Å²) in [4.78, 5) is 29.2. The molecule has 0 unspecified atom stereocenters. The van der Waals surface area contributed by atoms with E-state index in [0.29, 0.717) is 5.13 Å². The lowest BCUT2D eigenvalue weighted by Gasteiger charge is -2.25. The highest BCUT2D eigenvalue weighted by Crippen LogP contribution is 2.36. The van der Waals surface area contributed by atoms with Gasteiger partial charge in [-0.25, -0.2) is 9.78 Å². The lowest BCUT2D eigenvalue weighted by molar-refractivity contribution is -0.116. The van der Waals surface area contributed by atoms with E-state index < -0.39 is 6.09 Å². The first kappa shape index (κ1) is 17.2. The number of carbonyl (C=O) groups excluding carboxylic acids is 2. The second-order valence-electron chi connectivity index (χ2n) is 5.73. The number of rotatable bonds is 6. The van der Waals surface area contributed by atoms with Gasteiger partial charge in [0.25, 0.3) is 0 Å². The summed E-state index contributed by atoms with van der Waals surface area (Å²) in [6.45, 7) is 0.960. The number of amides is 2. The molecule has 25 heavy (non-hydrogen) atoms. The number of anilines is 2. The van der Waals surface area contributed by atoms with Crippen molar-refractivity contribution in [3.63, 3.8) is 0 Å². The zero-order valence-electron chi connectivity index (χ0n) is 13.7. The molecule has 0 aliphatic carbocycles. The fourth-order valence-electron chi connectivity index (χ4n) is 2.93. The van der Waals surface area contributed by atoms with E-state index in [1.165, 1.54) is 17.0 Å². The second kappa shape index (κ2) is 7.98. The quantitative estimate of drug-likeness (QED) is 0.825. The number of carbonyl (C=O) groups is 2. The molecule has 1 fully saturated rings. The highest BCUT2D eigenvalue weighted by molar-refractivity contribution is 7.13. The molecule has 1 aromatic heterocycles. The molecule has 2 amide bonds. The summed E-state index contributed by atoms with van der Waals surface area (Å²) in [5.74, 6) is -0.256. The topological polar surface area (TPSA) is 97.6 Å². The highest BCUT2D eigenvalue weighted by atomic mass is 32.1. The summed E-state index contributed by atoms with van der Waals surface area (Å²) in [5.41, 5.74) is 7.01. The lowest BCUT2D eigenvalue weighted by Crippen LogP contribution is -2.22. The van der Waals surface area contributed by atoms with Gasteiger partial charge in [0.1, 0.15) is 6.61 Å². The molecule has 1 aromatic carbocycles. The number of thiazole rings is 1. The fraction of sp³-hybridized carbons (Fsp3) is 0.353. The number of hydrogen-bond acceptors (Lipinski definition) is 6. The summed E-state index contributed by atoms with van der Waals surface area (Å²) < 4.78 is 4.55. The zero-order valence-corrected chi connectivity index (χ0v) is 14.5. The third-order valence-corrected chi connectivity index (χ3v) is 4.80. The maximum absolute atomic E-state index is 11.8. The van der Waals surface area contributed by atoms with Crippen LogP contribution >= 0.6 is 11.3 Å². The van der Waals surface area contributed by atoms with E-state index in [4.69, 9.17) is 5.73 Å². The van der Waals surface area contributed by atoms with Gasteiger partial charge in [-0.05, 0) is 25.0 Å². The van der Waals surface area contributed by atoms with Crippen LogP contribution in [0.15, 0.2) is 35.7 Å². The molecule has 132 valence electrons. The molecule has 0 bridgehead atoms. The van der Waals surface area contributed by atoms with Crippen molar-refractivity contribution in [1.29, 1.82) is 0 Å². The van der Waals surface area contributed by atoms with E-state index >= 15 is 0 Å². The fourth-order valence-corrected chi connectivity index (χ4v) is 3.70. The monoisotopic (exact) mass is 360 g/mol. The average molecular weight is 360 g/mol. The van der Waals surface area contributed by atoms with Crippen LogP contribution in [0.2, 0.25) is 0 Å². The molecule has 2 aromatic rings. The molecule has 7 nitrogen and oxygen atoms in total. The van der Waals surface area contributed by atoms with Gasteiger partial charge in [0, 0.05) is 17.6 Å². The Morgan fingerprint density at radius 1 is 1.36 bits per heavy atom. The summed E-state index contributed by atoms with van der Waals surface area (Å²) in [6.07, 6.45) is 1.32. The maximum Gasteiger partial charge on any atom is 0.404 e. The third-order valence-electron chi connectivity index (χ3n) is 4.02. The predicted molar refractivity (Wildman–Crippen MR) is 96.7 cm³/mol. The van der Waals surface area contributed by atoms with Crippen molar-refractivity contribution < 1.29 is 14.3 Å². The number of benzene rings is 1. The Kier molecular flexibility index (Phi) is 5.49. The molecule has 1 atom stereocenters. The minimum absolute atomic E-state index is 0.0379. The minimum Gasteiger partial charge on any atom is -0.449 e.